The first-order chi connectivity index (χ1) is 29.2. The Hall–Kier alpha value is -4.70. The Balaban J connectivity index is 1.59. The third kappa shape index (κ3) is 10.9. The van der Waals surface area contributed by atoms with Crippen LogP contribution in [0.15, 0.2) is 142 Å². The Bertz CT molecular complexity index is 2570. The molecular weight excluding hydrogens is 829 g/mol. The van der Waals surface area contributed by atoms with E-state index in [4.69, 9.17) is 0 Å². The fourth-order valence-corrected chi connectivity index (χ4v) is 11.1. The molecule has 11 nitrogen and oxygen atoms in total. The first-order valence-electron chi connectivity index (χ1n) is 21.0. The summed E-state index contributed by atoms with van der Waals surface area (Å²) >= 11 is 0. The van der Waals surface area contributed by atoms with Crippen LogP contribution >= 0.6 is 0 Å². The largest absolute Gasteiger partial charge is 0.744 e. The minimum atomic E-state index is -4.86. The van der Waals surface area contributed by atoms with Crippen molar-refractivity contribution in [3.8, 4) is 0 Å². The molecule has 0 atom stereocenters. The van der Waals surface area contributed by atoms with Crippen LogP contribution < -0.4 is 4.90 Å². The van der Waals surface area contributed by atoms with Gasteiger partial charge >= 0.3 is 0 Å². The highest BCUT2D eigenvalue weighted by molar-refractivity contribution is 7.89. The molecule has 326 valence electrons. The molecule has 4 aromatic carbocycles. The Morgan fingerprint density at radius 1 is 0.574 bits per heavy atom. The van der Waals surface area contributed by atoms with E-state index in [1.54, 1.807) is 36.4 Å². The number of hydrogen-bond donors (Lipinski definition) is 0. The van der Waals surface area contributed by atoms with Gasteiger partial charge in [0.1, 0.15) is 16.7 Å². The van der Waals surface area contributed by atoms with Crippen molar-refractivity contribution in [2.24, 2.45) is 0 Å². The van der Waals surface area contributed by atoms with E-state index in [0.29, 0.717) is 56.0 Å². The standard InChI is InChI=1S/C47H58N4O7S3/c1-7-13-35-50(41-27-31-43(32-28-41)59(52,53)48(9-3)10-4)39-23-19-37(20-24-39)47(45-17-15-16-18-46(45)61(56,57)58)38-21-25-40(26-22-38)51(36-14-8-2)42-29-33-44(34-30-42)60(54,55)49(11-5)12-6/h15-34H,7-14,35-36H2,1-6H3. The van der Waals surface area contributed by atoms with Crippen molar-refractivity contribution < 1.29 is 34.4 Å². The molecule has 0 bridgehead atoms. The zero-order chi connectivity index (χ0) is 44.4. The molecule has 0 unspecified atom stereocenters. The first-order valence-corrected chi connectivity index (χ1v) is 25.3. The third-order valence-corrected chi connectivity index (χ3v) is 15.8. The molecule has 14 heteroatoms. The molecule has 0 aromatic heterocycles. The van der Waals surface area contributed by atoms with Gasteiger partial charge in [0.05, 0.1) is 14.7 Å². The molecule has 1 aliphatic carbocycles. The molecule has 0 spiro atoms. The van der Waals surface area contributed by atoms with Gasteiger partial charge < -0.3 is 9.45 Å². The monoisotopic (exact) mass is 886 g/mol. The lowest BCUT2D eigenvalue weighted by Gasteiger charge is -2.26. The second kappa shape index (κ2) is 20.9. The zero-order valence-electron chi connectivity index (χ0n) is 36.0. The Labute approximate surface area is 363 Å². The number of rotatable bonds is 20. The number of sulfonamides is 2. The summed E-state index contributed by atoms with van der Waals surface area (Å²) in [6.45, 7) is 14.3. The van der Waals surface area contributed by atoms with Crippen LogP contribution in [0.5, 0.6) is 0 Å². The van der Waals surface area contributed by atoms with Gasteiger partial charge in [0.15, 0.2) is 0 Å². The number of benzene rings is 4. The molecule has 61 heavy (non-hydrogen) atoms. The molecule has 0 heterocycles. The first kappa shape index (κ1) is 47.4. The van der Waals surface area contributed by atoms with E-state index in [1.807, 2.05) is 101 Å². The number of hydrogen-bond acceptors (Lipinski definition) is 8. The van der Waals surface area contributed by atoms with Crippen molar-refractivity contribution in [1.82, 2.24) is 8.61 Å². The summed E-state index contributed by atoms with van der Waals surface area (Å²) in [5, 5.41) is 0. The Morgan fingerprint density at radius 3 is 1.52 bits per heavy atom. The van der Waals surface area contributed by atoms with Crippen molar-refractivity contribution in [3.63, 3.8) is 0 Å². The topological polar surface area (TPSA) is 138 Å². The smallest absolute Gasteiger partial charge is 0.243 e. The highest BCUT2D eigenvalue weighted by atomic mass is 32.2. The van der Waals surface area contributed by atoms with E-state index in [-0.39, 0.29) is 20.2 Å². The van der Waals surface area contributed by atoms with Crippen molar-refractivity contribution in [2.45, 2.75) is 81.9 Å². The van der Waals surface area contributed by atoms with Gasteiger partial charge in [-0.25, -0.2) is 25.3 Å². The van der Waals surface area contributed by atoms with Gasteiger partial charge in [-0.2, -0.15) is 13.2 Å². The van der Waals surface area contributed by atoms with E-state index in [0.717, 1.165) is 48.5 Å². The van der Waals surface area contributed by atoms with Crippen molar-refractivity contribution in [2.75, 3.05) is 44.2 Å². The van der Waals surface area contributed by atoms with Crippen LogP contribution in [0, 0.1) is 0 Å². The minimum Gasteiger partial charge on any atom is -0.744 e. The van der Waals surface area contributed by atoms with Gasteiger partial charge in [0.25, 0.3) is 0 Å². The fraction of sp³-hybridized carbons (Fsp3) is 0.340. The van der Waals surface area contributed by atoms with Gasteiger partial charge in [0.2, 0.25) is 31.4 Å². The van der Waals surface area contributed by atoms with Gasteiger partial charge in [-0.3, -0.25) is 0 Å². The van der Waals surface area contributed by atoms with E-state index in [9.17, 15) is 29.8 Å². The summed E-state index contributed by atoms with van der Waals surface area (Å²) in [4.78, 5) is 2.26. The van der Waals surface area contributed by atoms with E-state index in [1.165, 1.54) is 20.7 Å². The molecule has 4 aromatic rings. The van der Waals surface area contributed by atoms with E-state index in [2.05, 4.69) is 23.3 Å². The summed E-state index contributed by atoms with van der Waals surface area (Å²) in [6.07, 6.45) is 11.4. The average molecular weight is 887 g/mol. The molecule has 5 rings (SSSR count). The van der Waals surface area contributed by atoms with Crippen LogP contribution in [-0.4, -0.2) is 88.0 Å². The molecule has 0 radical (unpaired) electrons. The molecule has 0 amide bonds. The third-order valence-electron chi connectivity index (χ3n) is 10.8. The van der Waals surface area contributed by atoms with E-state index >= 15 is 0 Å². The van der Waals surface area contributed by atoms with Gasteiger partial charge in [0, 0.05) is 80.4 Å². The second-order valence-corrected chi connectivity index (χ2v) is 19.8. The maximum atomic E-state index is 13.2. The van der Waals surface area contributed by atoms with Crippen molar-refractivity contribution >= 4 is 58.5 Å². The highest BCUT2D eigenvalue weighted by Crippen LogP contribution is 2.36. The molecule has 0 fully saturated rings. The summed E-state index contributed by atoms with van der Waals surface area (Å²) in [6, 6.07) is 27.8. The average Bonchev–Trinajstić information content (AvgIpc) is 3.26. The van der Waals surface area contributed by atoms with Crippen molar-refractivity contribution in [1.29, 1.82) is 0 Å². The summed E-state index contributed by atoms with van der Waals surface area (Å²) in [5.74, 6) is 0. The number of anilines is 2. The predicted molar refractivity (Wildman–Crippen MR) is 245 cm³/mol. The molecule has 0 N–H and O–H groups in total. The van der Waals surface area contributed by atoms with Gasteiger partial charge in [-0.05, 0) is 89.9 Å². The predicted octanol–water partition coefficient (Wildman–Crippen LogP) is 9.10. The van der Waals surface area contributed by atoms with Crippen LogP contribution in [0.25, 0.3) is 5.57 Å². The summed E-state index contributed by atoms with van der Waals surface area (Å²) < 4.78 is 95.8. The lowest BCUT2D eigenvalue weighted by atomic mass is 9.90. The highest BCUT2D eigenvalue weighted by Gasteiger charge is 2.25. The lowest BCUT2D eigenvalue weighted by Crippen LogP contribution is -2.30. The molecular formula is C47H58N4O7S3. The van der Waals surface area contributed by atoms with Crippen LogP contribution in [0.1, 0.15) is 78.4 Å². The van der Waals surface area contributed by atoms with Crippen LogP contribution in [-0.2, 0) is 30.2 Å². The van der Waals surface area contributed by atoms with Crippen molar-refractivity contribution in [3.05, 3.63) is 138 Å². The summed E-state index contributed by atoms with van der Waals surface area (Å²) in [7, 11) is -12.1. The number of unbranched alkanes of at least 4 members (excludes halogenated alkanes) is 2. The van der Waals surface area contributed by atoms with Crippen LogP contribution in [0.3, 0.4) is 0 Å². The Morgan fingerprint density at radius 2 is 1.05 bits per heavy atom. The quantitative estimate of drug-likeness (QED) is 0.0633. The number of nitrogens with zero attached hydrogens (tertiary/aromatic N) is 4. The van der Waals surface area contributed by atoms with E-state index < -0.39 is 30.2 Å². The number of allylic oxidation sites excluding steroid dienone is 5. The molecule has 0 aliphatic heterocycles. The van der Waals surface area contributed by atoms with Gasteiger partial charge in [-0.15, -0.1) is 0 Å². The maximum Gasteiger partial charge on any atom is 0.243 e. The maximum absolute atomic E-state index is 13.2. The minimum absolute atomic E-state index is 0.232. The fourth-order valence-electron chi connectivity index (χ4n) is 7.45. The molecule has 0 saturated heterocycles. The SMILES string of the molecule is CCCCN(c1ccc(C(=C2C=CC(=[N+](CCCC)c3ccc(S(=O)(=O)N(CC)CC)cc3)C=C2)c2ccccc2S(=O)(=O)[O-])cc1)c1ccc(S(=O)(=O)N(CC)CC)cc1. The normalized spacial score (nSPS) is 13.3. The van der Waals surface area contributed by atoms with Gasteiger partial charge in [-0.1, -0.05) is 84.7 Å². The summed E-state index contributed by atoms with van der Waals surface area (Å²) in [5.41, 5.74) is 5.60. The lowest BCUT2D eigenvalue weighted by molar-refractivity contribution is -0.439. The van der Waals surface area contributed by atoms with Crippen LogP contribution in [0.4, 0.5) is 17.1 Å². The van der Waals surface area contributed by atoms with Crippen LogP contribution in [0.2, 0.25) is 0 Å². The zero-order valence-corrected chi connectivity index (χ0v) is 38.4. The Kier molecular flexibility index (Phi) is 16.2. The molecule has 0 saturated carbocycles. The second-order valence-electron chi connectivity index (χ2n) is 14.6. The molecule has 1 aliphatic rings.